The minimum absolute atomic E-state index is 0.683. The summed E-state index contributed by atoms with van der Waals surface area (Å²) in [5.41, 5.74) is 3.40. The summed E-state index contributed by atoms with van der Waals surface area (Å²) in [5.74, 6) is 2.26. The molecule has 3 rings (SSSR count). The Balaban J connectivity index is 1.65. The van der Waals surface area contributed by atoms with Crippen LogP contribution in [-0.4, -0.2) is 34.8 Å². The molecule has 29 heavy (non-hydrogen) atoms. The average molecular weight is 411 g/mol. The Morgan fingerprint density at radius 2 is 1.97 bits per heavy atom. The summed E-state index contributed by atoms with van der Waals surface area (Å²) in [6, 6.07) is 14.3. The van der Waals surface area contributed by atoms with Crippen LogP contribution in [0.5, 0.6) is 11.5 Å². The second-order valence-corrected chi connectivity index (χ2v) is 7.53. The van der Waals surface area contributed by atoms with E-state index in [2.05, 4.69) is 53.4 Å². The molecule has 1 heterocycles. The number of nitrogens with zero attached hydrogens (tertiary/aromatic N) is 4. The Morgan fingerprint density at radius 3 is 2.72 bits per heavy atom. The van der Waals surface area contributed by atoms with Gasteiger partial charge < -0.3 is 9.47 Å². The molecule has 0 saturated heterocycles. The minimum atomic E-state index is 0.683. The van der Waals surface area contributed by atoms with Crippen molar-refractivity contribution in [2.24, 2.45) is 5.10 Å². The van der Waals surface area contributed by atoms with Gasteiger partial charge in [-0.15, -0.1) is 10.2 Å². The van der Waals surface area contributed by atoms with Gasteiger partial charge in [0.15, 0.2) is 11.5 Å². The normalized spacial score (nSPS) is 11.1. The lowest BCUT2D eigenvalue weighted by Gasteiger charge is -2.10. The Labute approximate surface area is 176 Å². The molecule has 2 aromatic carbocycles. The maximum Gasteiger partial charge on any atom is 0.212 e. The van der Waals surface area contributed by atoms with Crippen LogP contribution in [0.1, 0.15) is 36.5 Å². The zero-order valence-electron chi connectivity index (χ0n) is 17.0. The molecule has 1 aromatic heterocycles. The first-order valence-corrected chi connectivity index (χ1v) is 10.6. The number of hydrogen-bond donors (Lipinski definition) is 0. The van der Waals surface area contributed by atoms with Gasteiger partial charge >= 0.3 is 0 Å². The predicted molar refractivity (Wildman–Crippen MR) is 117 cm³/mol. The van der Waals surface area contributed by atoms with E-state index in [1.54, 1.807) is 36.1 Å². The van der Waals surface area contributed by atoms with Crippen molar-refractivity contribution in [3.8, 4) is 11.5 Å². The quantitative estimate of drug-likeness (QED) is 0.269. The fourth-order valence-electron chi connectivity index (χ4n) is 2.56. The maximum absolute atomic E-state index is 5.78. The van der Waals surface area contributed by atoms with Crippen molar-refractivity contribution in [3.63, 3.8) is 0 Å². The molecule has 0 N–H and O–H groups in total. The summed E-state index contributed by atoms with van der Waals surface area (Å²) in [5, 5.41) is 13.4. The second kappa shape index (κ2) is 10.7. The van der Waals surface area contributed by atoms with E-state index in [0.717, 1.165) is 35.1 Å². The van der Waals surface area contributed by atoms with Crippen LogP contribution >= 0.6 is 11.8 Å². The molecule has 6 nitrogen and oxygen atoms in total. The fraction of sp³-hybridized carbons (Fsp3) is 0.318. The predicted octanol–water partition coefficient (Wildman–Crippen LogP) is 4.95. The number of aromatic nitrogens is 3. The monoisotopic (exact) mass is 410 g/mol. The summed E-state index contributed by atoms with van der Waals surface area (Å²) < 4.78 is 12.9. The topological polar surface area (TPSA) is 61.5 Å². The van der Waals surface area contributed by atoms with Crippen molar-refractivity contribution in [3.05, 3.63) is 65.5 Å². The molecule has 0 amide bonds. The van der Waals surface area contributed by atoms with Gasteiger partial charge in [0.1, 0.15) is 6.33 Å². The Bertz CT molecular complexity index is 938. The number of thioether (sulfide) groups is 1. The van der Waals surface area contributed by atoms with Gasteiger partial charge in [-0.1, -0.05) is 54.9 Å². The lowest BCUT2D eigenvalue weighted by molar-refractivity contribution is 0.288. The number of unbranched alkanes of at least 4 members (excludes halogenated alkanes) is 1. The number of aryl methyl sites for hydroxylation is 1. The number of ether oxygens (including phenoxy) is 2. The third-order valence-corrected chi connectivity index (χ3v) is 5.27. The summed E-state index contributed by atoms with van der Waals surface area (Å²) >= 11 is 1.60. The lowest BCUT2D eigenvalue weighted by Crippen LogP contribution is -1.99. The lowest BCUT2D eigenvalue weighted by atomic mass is 10.2. The zero-order valence-corrected chi connectivity index (χ0v) is 17.9. The van der Waals surface area contributed by atoms with Crippen molar-refractivity contribution in [1.29, 1.82) is 0 Å². The highest BCUT2D eigenvalue weighted by molar-refractivity contribution is 7.98. The molecule has 0 spiro atoms. The van der Waals surface area contributed by atoms with Crippen LogP contribution in [0.4, 0.5) is 0 Å². The van der Waals surface area contributed by atoms with Gasteiger partial charge in [0.05, 0.1) is 19.9 Å². The number of rotatable bonds is 10. The molecule has 0 unspecified atom stereocenters. The number of benzene rings is 2. The number of methoxy groups -OCH3 is 1. The molecule has 0 bridgehead atoms. The van der Waals surface area contributed by atoms with E-state index in [0.29, 0.717) is 12.4 Å². The molecule has 0 fully saturated rings. The summed E-state index contributed by atoms with van der Waals surface area (Å²) in [6.45, 7) is 4.90. The van der Waals surface area contributed by atoms with Gasteiger partial charge in [0.25, 0.3) is 0 Å². The van der Waals surface area contributed by atoms with E-state index < -0.39 is 0 Å². The van der Waals surface area contributed by atoms with Crippen LogP contribution in [0.3, 0.4) is 0 Å². The van der Waals surface area contributed by atoms with Gasteiger partial charge in [0.2, 0.25) is 5.16 Å². The van der Waals surface area contributed by atoms with Crippen molar-refractivity contribution in [2.75, 3.05) is 13.7 Å². The number of hydrogen-bond acceptors (Lipinski definition) is 6. The van der Waals surface area contributed by atoms with Crippen molar-refractivity contribution in [1.82, 2.24) is 14.9 Å². The van der Waals surface area contributed by atoms with Gasteiger partial charge in [-0.2, -0.15) is 9.78 Å². The van der Waals surface area contributed by atoms with Crippen molar-refractivity contribution in [2.45, 2.75) is 37.6 Å². The molecule has 0 atom stereocenters. The van der Waals surface area contributed by atoms with E-state index in [1.807, 2.05) is 18.2 Å². The van der Waals surface area contributed by atoms with Crippen LogP contribution in [-0.2, 0) is 5.75 Å². The van der Waals surface area contributed by atoms with Crippen LogP contribution in [0.2, 0.25) is 0 Å². The van der Waals surface area contributed by atoms with E-state index in [9.17, 15) is 0 Å². The molecular weight excluding hydrogens is 384 g/mol. The summed E-state index contributed by atoms with van der Waals surface area (Å²) in [7, 11) is 1.64. The first kappa shape index (κ1) is 20.9. The Morgan fingerprint density at radius 1 is 1.14 bits per heavy atom. The molecular formula is C22H26N4O2S. The van der Waals surface area contributed by atoms with E-state index in [1.165, 1.54) is 11.1 Å². The van der Waals surface area contributed by atoms with Crippen LogP contribution in [0.25, 0.3) is 0 Å². The molecule has 0 saturated carbocycles. The highest BCUT2D eigenvalue weighted by Crippen LogP contribution is 2.28. The van der Waals surface area contributed by atoms with Gasteiger partial charge in [0, 0.05) is 5.75 Å². The highest BCUT2D eigenvalue weighted by Gasteiger charge is 2.07. The van der Waals surface area contributed by atoms with E-state index in [4.69, 9.17) is 9.47 Å². The zero-order chi connectivity index (χ0) is 20.5. The largest absolute Gasteiger partial charge is 0.493 e. The van der Waals surface area contributed by atoms with Gasteiger partial charge in [-0.3, -0.25) is 0 Å². The minimum Gasteiger partial charge on any atom is -0.493 e. The smallest absolute Gasteiger partial charge is 0.212 e. The Hall–Kier alpha value is -2.80. The first-order valence-electron chi connectivity index (χ1n) is 9.63. The first-order chi connectivity index (χ1) is 14.2. The fourth-order valence-corrected chi connectivity index (χ4v) is 3.38. The second-order valence-electron chi connectivity index (χ2n) is 6.59. The highest BCUT2D eigenvalue weighted by atomic mass is 32.2. The molecule has 0 aliphatic carbocycles. The van der Waals surface area contributed by atoms with E-state index >= 15 is 0 Å². The third kappa shape index (κ3) is 6.09. The van der Waals surface area contributed by atoms with Crippen LogP contribution < -0.4 is 9.47 Å². The molecule has 0 aliphatic heterocycles. The van der Waals surface area contributed by atoms with Crippen molar-refractivity contribution < 1.29 is 9.47 Å². The standard InChI is InChI=1S/C22H26N4O2S/c1-4-5-12-28-20-11-10-19(13-21(20)27-3)14-24-26-16-23-25-22(26)29-15-18-8-6-17(2)7-9-18/h6-11,13-14,16H,4-5,12,15H2,1-3H3/b24-14+. The van der Waals surface area contributed by atoms with Crippen LogP contribution in [0, 0.1) is 6.92 Å². The van der Waals surface area contributed by atoms with Gasteiger partial charge in [-0.05, 0) is 42.7 Å². The van der Waals surface area contributed by atoms with Crippen molar-refractivity contribution >= 4 is 18.0 Å². The molecule has 0 aliphatic rings. The SMILES string of the molecule is CCCCOc1ccc(/C=N/n2cnnc2SCc2ccc(C)cc2)cc1OC. The summed E-state index contributed by atoms with van der Waals surface area (Å²) in [6.07, 6.45) is 5.48. The molecule has 0 radical (unpaired) electrons. The maximum atomic E-state index is 5.78. The Kier molecular flexibility index (Phi) is 7.69. The molecule has 3 aromatic rings. The molecule has 7 heteroatoms. The van der Waals surface area contributed by atoms with Crippen LogP contribution in [0.15, 0.2) is 59.0 Å². The third-order valence-electron chi connectivity index (χ3n) is 4.26. The van der Waals surface area contributed by atoms with E-state index in [-0.39, 0.29) is 0 Å². The van der Waals surface area contributed by atoms with Gasteiger partial charge in [-0.25, -0.2) is 0 Å². The molecule has 152 valence electrons. The average Bonchev–Trinajstić information content (AvgIpc) is 3.20. The summed E-state index contributed by atoms with van der Waals surface area (Å²) in [4.78, 5) is 0.